The molecule has 8 heteroatoms. The Morgan fingerprint density at radius 1 is 0.840 bits per heavy atom. The van der Waals surface area contributed by atoms with E-state index in [-0.39, 0.29) is 17.5 Å². The van der Waals surface area contributed by atoms with E-state index in [1.165, 1.54) is 18.2 Å². The van der Waals surface area contributed by atoms with Crippen LogP contribution < -0.4 is 16.2 Å². The van der Waals surface area contributed by atoms with Gasteiger partial charge >= 0.3 is 6.36 Å². The van der Waals surface area contributed by atoms with Gasteiger partial charge in [-0.05, 0) is 17.7 Å². The first-order valence-corrected chi connectivity index (χ1v) is 7.17. The molecule has 0 aliphatic carbocycles. The van der Waals surface area contributed by atoms with E-state index in [2.05, 4.69) is 14.7 Å². The van der Waals surface area contributed by atoms with Gasteiger partial charge < -0.3 is 16.2 Å². The topological polar surface area (TPSA) is 87.0 Å². The van der Waals surface area contributed by atoms with Crippen molar-refractivity contribution in [2.75, 3.05) is 11.5 Å². The minimum atomic E-state index is -4.77. The molecule has 128 valence electrons. The molecule has 0 aliphatic heterocycles. The van der Waals surface area contributed by atoms with Crippen LogP contribution in [0.25, 0.3) is 22.4 Å². The van der Waals surface area contributed by atoms with Gasteiger partial charge in [0, 0.05) is 17.2 Å². The molecule has 0 unspecified atom stereocenters. The van der Waals surface area contributed by atoms with Crippen molar-refractivity contribution in [3.8, 4) is 28.1 Å². The van der Waals surface area contributed by atoms with Gasteiger partial charge in [-0.2, -0.15) is 4.98 Å². The molecule has 0 aliphatic rings. The summed E-state index contributed by atoms with van der Waals surface area (Å²) < 4.78 is 41.9. The van der Waals surface area contributed by atoms with Crippen LogP contribution in [0.1, 0.15) is 0 Å². The molecule has 3 rings (SSSR count). The predicted octanol–water partition coefficient (Wildman–Crippen LogP) is 3.87. The second kappa shape index (κ2) is 6.31. The van der Waals surface area contributed by atoms with Crippen molar-refractivity contribution in [2.45, 2.75) is 6.36 Å². The Morgan fingerprint density at radius 3 is 2.28 bits per heavy atom. The van der Waals surface area contributed by atoms with E-state index in [0.29, 0.717) is 22.4 Å². The highest BCUT2D eigenvalue weighted by atomic mass is 19.4. The quantitative estimate of drug-likeness (QED) is 0.752. The molecule has 0 bridgehead atoms. The Balaban J connectivity index is 2.06. The van der Waals surface area contributed by atoms with Crippen molar-refractivity contribution >= 4 is 11.8 Å². The van der Waals surface area contributed by atoms with Crippen molar-refractivity contribution in [3.05, 3.63) is 54.6 Å². The number of aromatic nitrogens is 2. The number of nitrogen functional groups attached to an aromatic ring is 2. The van der Waals surface area contributed by atoms with Crippen LogP contribution in [0.3, 0.4) is 0 Å². The fraction of sp³-hybridized carbons (Fsp3) is 0.0588. The van der Waals surface area contributed by atoms with Crippen LogP contribution in [0.2, 0.25) is 0 Å². The van der Waals surface area contributed by atoms with Crippen LogP contribution in [-0.4, -0.2) is 16.3 Å². The highest BCUT2D eigenvalue weighted by molar-refractivity contribution is 5.76. The molecular formula is C17H13F3N4O. The molecule has 4 N–H and O–H groups in total. The monoisotopic (exact) mass is 346 g/mol. The summed E-state index contributed by atoms with van der Waals surface area (Å²) in [6, 6.07) is 14.2. The molecule has 1 aromatic heterocycles. The van der Waals surface area contributed by atoms with Gasteiger partial charge in [0.25, 0.3) is 0 Å². The molecule has 1 heterocycles. The minimum absolute atomic E-state index is 0.0150. The SMILES string of the molecule is Nc1cc(-c2cccc(-c3ccccc3OC(F)(F)F)c2)nc(N)n1. The Hall–Kier alpha value is -3.29. The lowest BCUT2D eigenvalue weighted by Gasteiger charge is -2.14. The zero-order chi connectivity index (χ0) is 18.0. The third kappa shape index (κ3) is 3.97. The third-order valence-corrected chi connectivity index (χ3v) is 3.35. The van der Waals surface area contributed by atoms with Gasteiger partial charge in [-0.25, -0.2) is 4.98 Å². The first kappa shape index (κ1) is 16.6. The van der Waals surface area contributed by atoms with Gasteiger partial charge in [0.15, 0.2) is 0 Å². The summed E-state index contributed by atoms with van der Waals surface area (Å²) in [4.78, 5) is 7.89. The average molecular weight is 346 g/mol. The van der Waals surface area contributed by atoms with Crippen molar-refractivity contribution < 1.29 is 17.9 Å². The van der Waals surface area contributed by atoms with Crippen LogP contribution in [0.5, 0.6) is 5.75 Å². The van der Waals surface area contributed by atoms with E-state index < -0.39 is 6.36 Å². The van der Waals surface area contributed by atoms with Crippen molar-refractivity contribution in [1.29, 1.82) is 0 Å². The first-order chi connectivity index (χ1) is 11.8. The summed E-state index contributed by atoms with van der Waals surface area (Å²) in [6.07, 6.45) is -4.77. The maximum Gasteiger partial charge on any atom is 0.573 e. The number of nitrogens with zero attached hydrogens (tertiary/aromatic N) is 2. The highest BCUT2D eigenvalue weighted by Crippen LogP contribution is 2.35. The number of rotatable bonds is 3. The molecule has 0 saturated carbocycles. The summed E-state index contributed by atoms with van der Waals surface area (Å²) in [5, 5.41) is 0. The molecule has 25 heavy (non-hydrogen) atoms. The third-order valence-electron chi connectivity index (χ3n) is 3.35. The number of benzene rings is 2. The largest absolute Gasteiger partial charge is 0.573 e. The minimum Gasteiger partial charge on any atom is -0.405 e. The van der Waals surface area contributed by atoms with Gasteiger partial charge in [0.1, 0.15) is 11.6 Å². The normalized spacial score (nSPS) is 11.3. The maximum absolute atomic E-state index is 12.6. The molecule has 5 nitrogen and oxygen atoms in total. The van der Waals surface area contributed by atoms with E-state index in [1.807, 2.05) is 0 Å². The first-order valence-electron chi connectivity index (χ1n) is 7.17. The Morgan fingerprint density at radius 2 is 1.56 bits per heavy atom. The van der Waals surface area contributed by atoms with E-state index in [1.54, 1.807) is 36.4 Å². The number of halogens is 3. The smallest absolute Gasteiger partial charge is 0.405 e. The van der Waals surface area contributed by atoms with Crippen LogP contribution in [-0.2, 0) is 0 Å². The van der Waals surface area contributed by atoms with Gasteiger partial charge in [-0.3, -0.25) is 0 Å². The number of ether oxygens (including phenoxy) is 1. The summed E-state index contributed by atoms with van der Waals surface area (Å²) >= 11 is 0. The van der Waals surface area contributed by atoms with Gasteiger partial charge in [-0.15, -0.1) is 13.2 Å². The molecule has 0 fully saturated rings. The Bertz CT molecular complexity index is 892. The molecule has 3 aromatic rings. The van der Waals surface area contributed by atoms with Gasteiger partial charge in [0.05, 0.1) is 5.69 Å². The van der Waals surface area contributed by atoms with E-state index in [0.717, 1.165) is 0 Å². The van der Waals surface area contributed by atoms with Gasteiger partial charge in [0.2, 0.25) is 5.95 Å². The molecule has 0 atom stereocenters. The highest BCUT2D eigenvalue weighted by Gasteiger charge is 2.32. The zero-order valence-corrected chi connectivity index (χ0v) is 12.8. The fourth-order valence-corrected chi connectivity index (χ4v) is 2.40. The van der Waals surface area contributed by atoms with Crippen LogP contribution in [0.4, 0.5) is 24.9 Å². The van der Waals surface area contributed by atoms with Gasteiger partial charge in [-0.1, -0.05) is 36.4 Å². The molecule has 2 aromatic carbocycles. The molecule has 0 spiro atoms. The summed E-state index contributed by atoms with van der Waals surface area (Å²) in [5.41, 5.74) is 13.2. The second-order valence-electron chi connectivity index (χ2n) is 5.16. The summed E-state index contributed by atoms with van der Waals surface area (Å²) in [6.45, 7) is 0. The van der Waals surface area contributed by atoms with E-state index >= 15 is 0 Å². The average Bonchev–Trinajstić information content (AvgIpc) is 2.53. The van der Waals surface area contributed by atoms with Crippen molar-refractivity contribution in [2.24, 2.45) is 0 Å². The fourth-order valence-electron chi connectivity index (χ4n) is 2.40. The standard InChI is InChI=1S/C17H13F3N4O/c18-17(19,20)25-14-7-2-1-6-12(14)10-4-3-5-11(8-10)13-9-15(21)24-16(22)23-13/h1-9H,(H4,21,22,23,24). The number of hydrogen-bond donors (Lipinski definition) is 2. The van der Waals surface area contributed by atoms with E-state index in [4.69, 9.17) is 11.5 Å². The predicted molar refractivity (Wildman–Crippen MR) is 88.4 cm³/mol. The number of alkyl halides is 3. The van der Waals surface area contributed by atoms with E-state index in [9.17, 15) is 13.2 Å². The molecular weight excluding hydrogens is 333 g/mol. The van der Waals surface area contributed by atoms with Crippen LogP contribution in [0.15, 0.2) is 54.6 Å². The van der Waals surface area contributed by atoms with Crippen molar-refractivity contribution in [1.82, 2.24) is 9.97 Å². The molecule has 0 amide bonds. The van der Waals surface area contributed by atoms with Crippen LogP contribution >= 0.6 is 0 Å². The zero-order valence-electron chi connectivity index (χ0n) is 12.8. The number of hydrogen-bond acceptors (Lipinski definition) is 5. The lowest BCUT2D eigenvalue weighted by atomic mass is 10.0. The number of nitrogens with two attached hydrogens (primary N) is 2. The molecule has 0 saturated heterocycles. The summed E-state index contributed by atoms with van der Waals surface area (Å²) in [5.74, 6) is -0.0659. The lowest BCUT2D eigenvalue weighted by Crippen LogP contribution is -2.17. The van der Waals surface area contributed by atoms with Crippen LogP contribution in [0, 0.1) is 0 Å². The lowest BCUT2D eigenvalue weighted by molar-refractivity contribution is -0.274. The number of para-hydroxylation sites is 1. The maximum atomic E-state index is 12.6. The number of anilines is 2. The second-order valence-corrected chi connectivity index (χ2v) is 5.16. The molecule has 0 radical (unpaired) electrons. The Labute approximate surface area is 141 Å². The Kier molecular flexibility index (Phi) is 4.18. The summed E-state index contributed by atoms with van der Waals surface area (Å²) in [7, 11) is 0. The van der Waals surface area contributed by atoms with Crippen molar-refractivity contribution in [3.63, 3.8) is 0 Å².